The average Bonchev–Trinajstić information content (AvgIpc) is 2.24. The van der Waals surface area contributed by atoms with Gasteiger partial charge in [-0.2, -0.15) is 5.26 Å². The van der Waals surface area contributed by atoms with Crippen LogP contribution in [0.3, 0.4) is 0 Å². The first-order valence-electron chi connectivity index (χ1n) is 4.56. The highest BCUT2D eigenvalue weighted by Crippen LogP contribution is 2.02. The molecule has 1 rings (SSSR count). The first-order chi connectivity index (χ1) is 7.51. The molecule has 2 N–H and O–H groups in total. The molecule has 0 saturated carbocycles. The minimum atomic E-state index is -3.14. The van der Waals surface area contributed by atoms with Gasteiger partial charge in [0.05, 0.1) is 11.8 Å². The molecule has 0 radical (unpaired) electrons. The molecule has 0 aliphatic rings. The summed E-state index contributed by atoms with van der Waals surface area (Å²) in [4.78, 5) is 3.97. The zero-order chi connectivity index (χ0) is 12.0. The highest BCUT2D eigenvalue weighted by molar-refractivity contribution is 7.88. The van der Waals surface area contributed by atoms with Gasteiger partial charge in [0, 0.05) is 19.3 Å². The van der Waals surface area contributed by atoms with Crippen molar-refractivity contribution >= 4 is 15.8 Å². The molecule has 0 aliphatic heterocycles. The third-order valence-corrected chi connectivity index (χ3v) is 2.42. The van der Waals surface area contributed by atoms with Crippen LogP contribution in [0, 0.1) is 11.3 Å². The molecular formula is C9H12N4O2S. The van der Waals surface area contributed by atoms with Crippen molar-refractivity contribution in [2.75, 3.05) is 24.7 Å². The summed E-state index contributed by atoms with van der Waals surface area (Å²) in [5, 5.41) is 11.5. The number of nitrogens with zero attached hydrogens (tertiary/aromatic N) is 2. The molecular weight excluding hydrogens is 228 g/mol. The minimum Gasteiger partial charge on any atom is -0.369 e. The van der Waals surface area contributed by atoms with E-state index in [9.17, 15) is 8.42 Å². The fraction of sp³-hybridized carbons (Fsp3) is 0.333. The van der Waals surface area contributed by atoms with Crippen molar-refractivity contribution in [1.82, 2.24) is 9.71 Å². The number of hydrogen-bond donors (Lipinski definition) is 2. The van der Waals surface area contributed by atoms with Gasteiger partial charge in [-0.15, -0.1) is 0 Å². The van der Waals surface area contributed by atoms with Crippen LogP contribution in [0.25, 0.3) is 0 Å². The molecule has 6 nitrogen and oxygen atoms in total. The van der Waals surface area contributed by atoms with Crippen LogP contribution in [-0.2, 0) is 10.0 Å². The van der Waals surface area contributed by atoms with Crippen molar-refractivity contribution in [3.63, 3.8) is 0 Å². The van der Waals surface area contributed by atoms with Crippen molar-refractivity contribution in [3.05, 3.63) is 23.9 Å². The van der Waals surface area contributed by atoms with E-state index in [2.05, 4.69) is 15.0 Å². The maximum atomic E-state index is 10.7. The van der Waals surface area contributed by atoms with E-state index in [4.69, 9.17) is 5.26 Å². The number of anilines is 1. The van der Waals surface area contributed by atoms with E-state index in [1.807, 2.05) is 6.07 Å². The van der Waals surface area contributed by atoms with Gasteiger partial charge in [-0.25, -0.2) is 18.1 Å². The molecule has 0 bridgehead atoms. The molecule has 1 heterocycles. The fourth-order valence-corrected chi connectivity index (χ4v) is 1.46. The van der Waals surface area contributed by atoms with Gasteiger partial charge in [0.15, 0.2) is 0 Å². The fourth-order valence-electron chi connectivity index (χ4n) is 0.992. The first-order valence-corrected chi connectivity index (χ1v) is 6.45. The van der Waals surface area contributed by atoms with Crippen LogP contribution in [0.1, 0.15) is 5.56 Å². The molecule has 16 heavy (non-hydrogen) atoms. The van der Waals surface area contributed by atoms with Crippen LogP contribution < -0.4 is 10.0 Å². The number of pyridine rings is 1. The predicted octanol–water partition coefficient (Wildman–Crippen LogP) is -0.0856. The molecule has 0 saturated heterocycles. The molecule has 0 amide bonds. The first kappa shape index (κ1) is 12.4. The van der Waals surface area contributed by atoms with Gasteiger partial charge >= 0.3 is 0 Å². The van der Waals surface area contributed by atoms with Crippen LogP contribution in [0.15, 0.2) is 18.3 Å². The molecule has 86 valence electrons. The summed E-state index contributed by atoms with van der Waals surface area (Å²) in [7, 11) is -3.14. The van der Waals surface area contributed by atoms with E-state index in [-0.39, 0.29) is 0 Å². The van der Waals surface area contributed by atoms with Crippen LogP contribution >= 0.6 is 0 Å². The van der Waals surface area contributed by atoms with Gasteiger partial charge in [-0.05, 0) is 12.1 Å². The number of aromatic nitrogens is 1. The van der Waals surface area contributed by atoms with Crippen LogP contribution in [0.5, 0.6) is 0 Å². The molecule has 0 fully saturated rings. The Hall–Kier alpha value is -1.65. The summed E-state index contributed by atoms with van der Waals surface area (Å²) in [6.07, 6.45) is 2.55. The Balaban J connectivity index is 2.36. The Morgan fingerprint density at radius 1 is 1.44 bits per heavy atom. The highest BCUT2D eigenvalue weighted by Gasteiger charge is 1.99. The largest absolute Gasteiger partial charge is 0.369 e. The SMILES string of the molecule is CS(=O)(=O)NCCNc1ccc(C#N)cn1. The second-order valence-electron chi connectivity index (χ2n) is 3.14. The molecule has 0 spiro atoms. The normalized spacial score (nSPS) is 10.8. The summed E-state index contributed by atoms with van der Waals surface area (Å²) in [6.45, 7) is 0.729. The van der Waals surface area contributed by atoms with E-state index < -0.39 is 10.0 Å². The molecule has 0 aromatic carbocycles. The third kappa shape index (κ3) is 4.72. The van der Waals surface area contributed by atoms with Crippen LogP contribution in [-0.4, -0.2) is 32.7 Å². The van der Waals surface area contributed by atoms with Gasteiger partial charge in [0.25, 0.3) is 0 Å². The number of hydrogen-bond acceptors (Lipinski definition) is 5. The van der Waals surface area contributed by atoms with Crippen LogP contribution in [0.4, 0.5) is 5.82 Å². The lowest BCUT2D eigenvalue weighted by Gasteiger charge is -2.05. The Morgan fingerprint density at radius 3 is 2.69 bits per heavy atom. The minimum absolute atomic E-state index is 0.292. The summed E-state index contributed by atoms with van der Waals surface area (Å²) in [5.41, 5.74) is 0.486. The van der Waals surface area contributed by atoms with E-state index >= 15 is 0 Å². The van der Waals surface area contributed by atoms with Crippen LogP contribution in [0.2, 0.25) is 0 Å². The molecule has 7 heteroatoms. The molecule has 0 unspecified atom stereocenters. The molecule has 0 atom stereocenters. The van der Waals surface area contributed by atoms with Crippen molar-refractivity contribution < 1.29 is 8.42 Å². The number of sulfonamides is 1. The monoisotopic (exact) mass is 240 g/mol. The lowest BCUT2D eigenvalue weighted by molar-refractivity contribution is 0.589. The van der Waals surface area contributed by atoms with E-state index in [0.29, 0.717) is 24.5 Å². The van der Waals surface area contributed by atoms with E-state index in [0.717, 1.165) is 6.26 Å². The topological polar surface area (TPSA) is 94.9 Å². The van der Waals surface area contributed by atoms with Crippen molar-refractivity contribution in [2.24, 2.45) is 0 Å². The van der Waals surface area contributed by atoms with E-state index in [1.165, 1.54) is 6.20 Å². The zero-order valence-corrected chi connectivity index (χ0v) is 9.58. The maximum Gasteiger partial charge on any atom is 0.208 e. The lowest BCUT2D eigenvalue weighted by Crippen LogP contribution is -2.27. The second kappa shape index (κ2) is 5.44. The number of rotatable bonds is 5. The quantitative estimate of drug-likeness (QED) is 0.702. The van der Waals surface area contributed by atoms with E-state index in [1.54, 1.807) is 12.1 Å². The van der Waals surface area contributed by atoms with Crippen molar-refractivity contribution in [2.45, 2.75) is 0 Å². The summed E-state index contributed by atoms with van der Waals surface area (Å²) >= 11 is 0. The lowest BCUT2D eigenvalue weighted by atomic mass is 10.3. The summed E-state index contributed by atoms with van der Waals surface area (Å²) in [6, 6.07) is 5.26. The van der Waals surface area contributed by atoms with Gasteiger partial charge in [0.2, 0.25) is 10.0 Å². The van der Waals surface area contributed by atoms with Gasteiger partial charge in [-0.1, -0.05) is 0 Å². The highest BCUT2D eigenvalue weighted by atomic mass is 32.2. The molecule has 0 aliphatic carbocycles. The summed E-state index contributed by atoms with van der Waals surface area (Å²) in [5.74, 6) is 0.606. The van der Waals surface area contributed by atoms with Gasteiger partial charge in [0.1, 0.15) is 11.9 Å². The molecule has 1 aromatic heterocycles. The molecule has 1 aromatic rings. The Labute approximate surface area is 94.4 Å². The number of nitrogens with one attached hydrogen (secondary N) is 2. The average molecular weight is 240 g/mol. The van der Waals surface area contributed by atoms with Crippen molar-refractivity contribution in [1.29, 1.82) is 5.26 Å². The Morgan fingerprint density at radius 2 is 2.19 bits per heavy atom. The smallest absolute Gasteiger partial charge is 0.208 e. The van der Waals surface area contributed by atoms with Crippen molar-refractivity contribution in [3.8, 4) is 6.07 Å². The maximum absolute atomic E-state index is 10.7. The zero-order valence-electron chi connectivity index (χ0n) is 8.77. The standard InChI is InChI=1S/C9H12N4O2S/c1-16(14,15)13-5-4-11-9-3-2-8(6-10)7-12-9/h2-3,7,13H,4-5H2,1H3,(H,11,12). The Bertz CT molecular complexity index is 475. The Kier molecular flexibility index (Phi) is 4.22. The van der Waals surface area contributed by atoms with Gasteiger partial charge in [-0.3, -0.25) is 0 Å². The van der Waals surface area contributed by atoms with Gasteiger partial charge < -0.3 is 5.32 Å². The third-order valence-electron chi connectivity index (χ3n) is 1.69. The predicted molar refractivity (Wildman–Crippen MR) is 60.3 cm³/mol. The summed E-state index contributed by atoms with van der Waals surface area (Å²) < 4.78 is 23.8. The number of nitriles is 1. The second-order valence-corrected chi connectivity index (χ2v) is 4.97.